The first-order valence-corrected chi connectivity index (χ1v) is 8.28. The summed E-state index contributed by atoms with van der Waals surface area (Å²) in [4.78, 5) is 12.9. The summed E-state index contributed by atoms with van der Waals surface area (Å²) in [6, 6.07) is 12.8. The number of amides is 1. The normalized spacial score (nSPS) is 11.0. The first kappa shape index (κ1) is 15.4. The Kier molecular flexibility index (Phi) is 3.73. The summed E-state index contributed by atoms with van der Waals surface area (Å²) in [5.74, 6) is 0.0731. The molecule has 0 unspecified atom stereocenters. The number of carbonyl (C=O) groups excluding carboxylic acids is 1. The van der Waals surface area contributed by atoms with E-state index >= 15 is 0 Å². The van der Waals surface area contributed by atoms with Crippen molar-refractivity contribution in [3.63, 3.8) is 0 Å². The molecule has 4 rings (SSSR count). The van der Waals surface area contributed by atoms with Gasteiger partial charge in [0, 0.05) is 16.8 Å². The number of anilines is 1. The van der Waals surface area contributed by atoms with E-state index in [0.717, 1.165) is 21.4 Å². The summed E-state index contributed by atoms with van der Waals surface area (Å²) in [6.07, 6.45) is 0. The summed E-state index contributed by atoms with van der Waals surface area (Å²) in [7, 11) is 0. The van der Waals surface area contributed by atoms with Gasteiger partial charge in [0.15, 0.2) is 5.82 Å². The fourth-order valence-corrected chi connectivity index (χ4v) is 3.22. The van der Waals surface area contributed by atoms with Gasteiger partial charge in [-0.3, -0.25) is 4.79 Å². The zero-order valence-electron chi connectivity index (χ0n) is 13.1. The number of carbonyl (C=O) groups is 1. The number of nitrogens with one attached hydrogen (secondary N) is 1. The molecule has 0 saturated heterocycles. The topological polar surface area (TPSA) is 72.2 Å². The van der Waals surface area contributed by atoms with E-state index < -0.39 is 0 Å². The maximum absolute atomic E-state index is 12.9. The van der Waals surface area contributed by atoms with E-state index in [1.165, 1.54) is 35.6 Å². The molecule has 0 spiro atoms. The second-order valence-corrected chi connectivity index (χ2v) is 6.34. The third kappa shape index (κ3) is 2.99. The lowest BCUT2D eigenvalue weighted by Crippen LogP contribution is -2.11. The van der Waals surface area contributed by atoms with Crippen LogP contribution in [-0.4, -0.2) is 25.7 Å². The van der Waals surface area contributed by atoms with E-state index in [2.05, 4.69) is 20.6 Å². The van der Waals surface area contributed by atoms with Crippen LogP contribution in [0.1, 0.15) is 16.2 Å². The SMILES string of the molecule is Cc1nnc2sc(-c3ccc(NC(=O)c4ccc(F)cc4)cc3)nn12. The highest BCUT2D eigenvalue weighted by molar-refractivity contribution is 7.19. The van der Waals surface area contributed by atoms with Gasteiger partial charge in [-0.2, -0.15) is 9.61 Å². The molecule has 1 amide bonds. The summed E-state index contributed by atoms with van der Waals surface area (Å²) < 4.78 is 14.6. The third-order valence-corrected chi connectivity index (χ3v) is 4.59. The van der Waals surface area contributed by atoms with Gasteiger partial charge in [-0.1, -0.05) is 11.3 Å². The van der Waals surface area contributed by atoms with Crippen molar-refractivity contribution < 1.29 is 9.18 Å². The average molecular weight is 353 g/mol. The zero-order chi connectivity index (χ0) is 17.4. The van der Waals surface area contributed by atoms with Crippen LogP contribution >= 0.6 is 11.3 Å². The summed E-state index contributed by atoms with van der Waals surface area (Å²) in [6.45, 7) is 1.84. The fraction of sp³-hybridized carbons (Fsp3) is 0.0588. The minimum Gasteiger partial charge on any atom is -0.322 e. The first-order valence-electron chi connectivity index (χ1n) is 7.46. The van der Waals surface area contributed by atoms with E-state index in [0.29, 0.717) is 11.3 Å². The van der Waals surface area contributed by atoms with Crippen molar-refractivity contribution in [1.82, 2.24) is 19.8 Å². The first-order chi connectivity index (χ1) is 12.1. The predicted octanol–water partition coefficient (Wildman–Crippen LogP) is 3.55. The van der Waals surface area contributed by atoms with Crippen molar-refractivity contribution in [3.05, 3.63) is 65.7 Å². The van der Waals surface area contributed by atoms with Crippen LogP contribution in [-0.2, 0) is 0 Å². The molecule has 2 heterocycles. The van der Waals surface area contributed by atoms with Gasteiger partial charge in [0.2, 0.25) is 4.96 Å². The number of nitrogens with zero attached hydrogens (tertiary/aromatic N) is 4. The Morgan fingerprint density at radius 1 is 1.08 bits per heavy atom. The Morgan fingerprint density at radius 2 is 1.80 bits per heavy atom. The second kappa shape index (κ2) is 6.06. The Morgan fingerprint density at radius 3 is 2.48 bits per heavy atom. The van der Waals surface area contributed by atoms with Crippen LogP contribution in [0.2, 0.25) is 0 Å². The number of hydrogen-bond donors (Lipinski definition) is 1. The molecule has 0 radical (unpaired) electrons. The Bertz CT molecular complexity index is 1050. The van der Waals surface area contributed by atoms with E-state index in [-0.39, 0.29) is 11.7 Å². The number of halogens is 1. The van der Waals surface area contributed by atoms with Crippen LogP contribution in [0.25, 0.3) is 15.5 Å². The second-order valence-electron chi connectivity index (χ2n) is 5.39. The van der Waals surface area contributed by atoms with Crippen LogP contribution in [0.3, 0.4) is 0 Å². The van der Waals surface area contributed by atoms with Crippen molar-refractivity contribution in [2.75, 3.05) is 5.32 Å². The molecular weight excluding hydrogens is 341 g/mol. The molecule has 2 aromatic heterocycles. The third-order valence-electron chi connectivity index (χ3n) is 3.64. The van der Waals surface area contributed by atoms with Crippen LogP contribution in [0.5, 0.6) is 0 Å². The molecule has 0 aliphatic rings. The van der Waals surface area contributed by atoms with E-state index in [1.54, 1.807) is 16.6 Å². The van der Waals surface area contributed by atoms with Crippen molar-refractivity contribution in [2.24, 2.45) is 0 Å². The maximum atomic E-state index is 12.9. The molecule has 0 aliphatic carbocycles. The number of aromatic nitrogens is 4. The number of hydrogen-bond acceptors (Lipinski definition) is 5. The number of fused-ring (bicyclic) bond motifs is 1. The van der Waals surface area contributed by atoms with Crippen molar-refractivity contribution in [1.29, 1.82) is 0 Å². The number of rotatable bonds is 3. The molecule has 0 aliphatic heterocycles. The lowest BCUT2D eigenvalue weighted by atomic mass is 10.2. The largest absolute Gasteiger partial charge is 0.322 e. The van der Waals surface area contributed by atoms with Crippen LogP contribution in [0.15, 0.2) is 48.5 Å². The van der Waals surface area contributed by atoms with Crippen LogP contribution < -0.4 is 5.32 Å². The highest BCUT2D eigenvalue weighted by atomic mass is 32.1. The van der Waals surface area contributed by atoms with Gasteiger partial charge in [-0.25, -0.2) is 4.39 Å². The molecule has 2 aromatic carbocycles. The molecule has 1 N–H and O–H groups in total. The quantitative estimate of drug-likeness (QED) is 0.611. The van der Waals surface area contributed by atoms with E-state index in [4.69, 9.17) is 0 Å². The van der Waals surface area contributed by atoms with Gasteiger partial charge in [0.1, 0.15) is 10.8 Å². The van der Waals surface area contributed by atoms with Crippen molar-refractivity contribution in [3.8, 4) is 10.6 Å². The standard InChI is InChI=1S/C17H12FN5OS/c1-10-20-21-17-23(10)22-16(25-17)12-4-8-14(9-5-12)19-15(24)11-2-6-13(18)7-3-11/h2-9H,1H3,(H,19,24). The lowest BCUT2D eigenvalue weighted by Gasteiger charge is -2.06. The smallest absolute Gasteiger partial charge is 0.255 e. The molecule has 4 aromatic rings. The van der Waals surface area contributed by atoms with Gasteiger partial charge < -0.3 is 5.32 Å². The van der Waals surface area contributed by atoms with Gasteiger partial charge in [-0.05, 0) is 55.5 Å². The molecule has 124 valence electrons. The fourth-order valence-electron chi connectivity index (χ4n) is 2.33. The zero-order valence-corrected chi connectivity index (χ0v) is 13.9. The Hall–Kier alpha value is -3.13. The molecule has 25 heavy (non-hydrogen) atoms. The molecule has 6 nitrogen and oxygen atoms in total. The molecular formula is C17H12FN5OS. The summed E-state index contributed by atoms with van der Waals surface area (Å²) in [5, 5.41) is 16.1. The molecule has 0 saturated carbocycles. The van der Waals surface area contributed by atoms with Crippen LogP contribution in [0.4, 0.5) is 10.1 Å². The predicted molar refractivity (Wildman–Crippen MR) is 93.2 cm³/mol. The van der Waals surface area contributed by atoms with Gasteiger partial charge >= 0.3 is 0 Å². The maximum Gasteiger partial charge on any atom is 0.255 e. The minimum atomic E-state index is -0.374. The molecule has 8 heteroatoms. The Balaban J connectivity index is 1.53. The van der Waals surface area contributed by atoms with Gasteiger partial charge in [0.25, 0.3) is 5.91 Å². The number of aryl methyl sites for hydroxylation is 1. The average Bonchev–Trinajstić information content (AvgIpc) is 3.18. The molecule has 0 fully saturated rings. The van der Waals surface area contributed by atoms with E-state index in [9.17, 15) is 9.18 Å². The van der Waals surface area contributed by atoms with Crippen molar-refractivity contribution >= 4 is 27.9 Å². The highest BCUT2D eigenvalue weighted by Crippen LogP contribution is 2.26. The summed E-state index contributed by atoms with van der Waals surface area (Å²) in [5.41, 5.74) is 1.97. The highest BCUT2D eigenvalue weighted by Gasteiger charge is 2.11. The van der Waals surface area contributed by atoms with E-state index in [1.807, 2.05) is 19.1 Å². The summed E-state index contributed by atoms with van der Waals surface area (Å²) >= 11 is 1.44. The van der Waals surface area contributed by atoms with Crippen molar-refractivity contribution in [2.45, 2.75) is 6.92 Å². The lowest BCUT2D eigenvalue weighted by molar-refractivity contribution is 0.102. The minimum absolute atomic E-state index is 0.290. The monoisotopic (exact) mass is 353 g/mol. The van der Waals surface area contributed by atoms with Gasteiger partial charge in [-0.15, -0.1) is 10.2 Å². The number of benzene rings is 2. The van der Waals surface area contributed by atoms with Gasteiger partial charge in [0.05, 0.1) is 0 Å². The Labute approximate surface area is 146 Å². The van der Waals surface area contributed by atoms with Crippen LogP contribution in [0, 0.1) is 12.7 Å². The molecule has 0 atom stereocenters. The molecule has 0 bridgehead atoms.